The molecule has 6 nitrogen and oxygen atoms in total. The lowest BCUT2D eigenvalue weighted by atomic mass is 10.2. The van der Waals surface area contributed by atoms with Crippen molar-refractivity contribution in [2.24, 2.45) is 0 Å². The van der Waals surface area contributed by atoms with Crippen LogP contribution in [0.3, 0.4) is 0 Å². The lowest BCUT2D eigenvalue weighted by Gasteiger charge is -2.13. The maximum Gasteiger partial charge on any atom is 0.326 e. The summed E-state index contributed by atoms with van der Waals surface area (Å²) in [5.74, 6) is -1.65. The molecule has 0 bridgehead atoms. The third-order valence-electron chi connectivity index (χ3n) is 2.26. The molecule has 1 rings (SSSR count). The first-order valence-corrected chi connectivity index (χ1v) is 5.58. The van der Waals surface area contributed by atoms with Gasteiger partial charge in [0.05, 0.1) is 0 Å². The fraction of sp³-hybridized carbons (Fsp3) is 0.231. The van der Waals surface area contributed by atoms with Crippen LogP contribution in [0.5, 0.6) is 11.5 Å². The number of para-hydroxylation sites is 2. The Morgan fingerprint density at radius 1 is 1.42 bits per heavy atom. The topological polar surface area (TPSA) is 95.9 Å². The number of aromatic hydroxyl groups is 1. The zero-order valence-corrected chi connectivity index (χ0v) is 10.2. The Bertz CT molecular complexity index is 472. The molecule has 0 fully saturated rings. The molecule has 0 heterocycles. The summed E-state index contributed by atoms with van der Waals surface area (Å²) < 4.78 is 5.08. The molecule has 0 aliphatic carbocycles. The Morgan fingerprint density at radius 2 is 2.11 bits per heavy atom. The number of nitrogens with one attached hydrogen (secondary N) is 1. The maximum absolute atomic E-state index is 11.5. The molecule has 1 atom stereocenters. The molecule has 1 amide bonds. The molecular weight excluding hydrogens is 250 g/mol. The molecule has 102 valence electrons. The van der Waals surface area contributed by atoms with Crippen LogP contribution in [0, 0.1) is 0 Å². The van der Waals surface area contributed by atoms with Crippen LogP contribution in [0.15, 0.2) is 36.9 Å². The average molecular weight is 265 g/mol. The van der Waals surface area contributed by atoms with Crippen LogP contribution in [0.1, 0.15) is 6.42 Å². The van der Waals surface area contributed by atoms with E-state index in [2.05, 4.69) is 11.9 Å². The molecule has 6 heteroatoms. The standard InChI is InChI=1S/C13H15NO5/c1-2-5-9(13(17)18)14-12(16)8-19-11-7-4-3-6-10(11)15/h2-4,6-7,9,15H,1,5,8H2,(H,14,16)(H,17,18). The largest absolute Gasteiger partial charge is 0.504 e. The van der Waals surface area contributed by atoms with Gasteiger partial charge in [-0.15, -0.1) is 6.58 Å². The van der Waals surface area contributed by atoms with Gasteiger partial charge in [0.15, 0.2) is 18.1 Å². The van der Waals surface area contributed by atoms with E-state index in [1.807, 2.05) is 0 Å². The molecule has 0 aliphatic rings. The molecule has 1 aromatic carbocycles. The summed E-state index contributed by atoms with van der Waals surface area (Å²) in [6, 6.07) is 5.15. The molecule has 19 heavy (non-hydrogen) atoms. The van der Waals surface area contributed by atoms with Gasteiger partial charge in [-0.2, -0.15) is 0 Å². The Hall–Kier alpha value is -2.50. The number of ether oxygens (including phenoxy) is 1. The van der Waals surface area contributed by atoms with Gasteiger partial charge in [-0.3, -0.25) is 4.79 Å². The van der Waals surface area contributed by atoms with Gasteiger partial charge >= 0.3 is 5.97 Å². The van der Waals surface area contributed by atoms with Crippen LogP contribution >= 0.6 is 0 Å². The monoisotopic (exact) mass is 265 g/mol. The van der Waals surface area contributed by atoms with Gasteiger partial charge in [-0.1, -0.05) is 18.2 Å². The minimum absolute atomic E-state index is 0.0869. The van der Waals surface area contributed by atoms with Crippen LogP contribution in [0.2, 0.25) is 0 Å². The Morgan fingerprint density at radius 3 is 2.68 bits per heavy atom. The predicted molar refractivity (Wildman–Crippen MR) is 68.0 cm³/mol. The number of rotatable bonds is 7. The summed E-state index contributed by atoms with van der Waals surface area (Å²) in [5.41, 5.74) is 0. The first kappa shape index (κ1) is 14.6. The number of carboxylic acids is 1. The highest BCUT2D eigenvalue weighted by Gasteiger charge is 2.18. The predicted octanol–water partition coefficient (Wildman–Crippen LogP) is 0.917. The van der Waals surface area contributed by atoms with E-state index in [9.17, 15) is 14.7 Å². The first-order valence-electron chi connectivity index (χ1n) is 5.58. The highest BCUT2D eigenvalue weighted by Crippen LogP contribution is 2.23. The Kier molecular flexibility index (Phi) is 5.40. The van der Waals surface area contributed by atoms with Crippen LogP contribution in [0.25, 0.3) is 0 Å². The van der Waals surface area contributed by atoms with Crippen molar-refractivity contribution in [2.45, 2.75) is 12.5 Å². The van der Waals surface area contributed by atoms with E-state index in [1.165, 1.54) is 18.2 Å². The highest BCUT2D eigenvalue weighted by atomic mass is 16.5. The Labute approximate surface area is 110 Å². The highest BCUT2D eigenvalue weighted by molar-refractivity contribution is 5.84. The molecule has 0 saturated carbocycles. The number of carbonyl (C=O) groups excluding carboxylic acids is 1. The minimum atomic E-state index is -1.14. The normalized spacial score (nSPS) is 11.4. The quantitative estimate of drug-likeness (QED) is 0.637. The number of carboxylic acid groups (broad SMARTS) is 1. The van der Waals surface area contributed by atoms with Crippen molar-refractivity contribution in [1.82, 2.24) is 5.32 Å². The van der Waals surface area contributed by atoms with Gasteiger partial charge in [0.2, 0.25) is 0 Å². The number of hydrogen-bond acceptors (Lipinski definition) is 4. The summed E-state index contributed by atoms with van der Waals surface area (Å²) in [4.78, 5) is 22.3. The van der Waals surface area contributed by atoms with E-state index in [0.717, 1.165) is 0 Å². The molecule has 0 saturated heterocycles. The van der Waals surface area contributed by atoms with E-state index in [0.29, 0.717) is 0 Å². The molecule has 0 aliphatic heterocycles. The number of phenols is 1. The van der Waals surface area contributed by atoms with Crippen LogP contribution in [-0.4, -0.2) is 34.7 Å². The van der Waals surface area contributed by atoms with Crippen LogP contribution < -0.4 is 10.1 Å². The SMILES string of the molecule is C=CCC(NC(=O)COc1ccccc1O)C(=O)O. The van der Waals surface area contributed by atoms with Gasteiger partial charge in [0, 0.05) is 0 Å². The van der Waals surface area contributed by atoms with Crippen LogP contribution in [-0.2, 0) is 9.59 Å². The number of carbonyl (C=O) groups is 2. The molecule has 0 aromatic heterocycles. The number of aliphatic carboxylic acids is 1. The van der Waals surface area contributed by atoms with E-state index >= 15 is 0 Å². The smallest absolute Gasteiger partial charge is 0.326 e. The van der Waals surface area contributed by atoms with Crippen molar-refractivity contribution in [3.8, 4) is 11.5 Å². The number of benzene rings is 1. The summed E-state index contributed by atoms with van der Waals surface area (Å²) in [7, 11) is 0. The molecule has 0 radical (unpaired) electrons. The number of phenolic OH excluding ortho intramolecular Hbond substituents is 1. The second kappa shape index (κ2) is 7.05. The molecule has 1 unspecified atom stereocenters. The number of hydrogen-bond donors (Lipinski definition) is 3. The van der Waals surface area contributed by atoms with Crippen molar-refractivity contribution in [2.75, 3.05) is 6.61 Å². The minimum Gasteiger partial charge on any atom is -0.504 e. The Balaban J connectivity index is 2.49. The third-order valence-corrected chi connectivity index (χ3v) is 2.26. The summed E-state index contributed by atoms with van der Waals surface area (Å²) in [6.07, 6.45) is 1.53. The van der Waals surface area contributed by atoms with Gasteiger partial charge < -0.3 is 20.3 Å². The number of amides is 1. The van der Waals surface area contributed by atoms with E-state index in [4.69, 9.17) is 9.84 Å². The first-order chi connectivity index (χ1) is 9.04. The van der Waals surface area contributed by atoms with Gasteiger partial charge in [-0.05, 0) is 18.6 Å². The fourth-order valence-corrected chi connectivity index (χ4v) is 1.35. The molecular formula is C13H15NO5. The molecule has 3 N–H and O–H groups in total. The molecule has 1 aromatic rings. The molecule has 0 spiro atoms. The van der Waals surface area contributed by atoms with E-state index in [-0.39, 0.29) is 24.5 Å². The second-order valence-electron chi connectivity index (χ2n) is 3.74. The van der Waals surface area contributed by atoms with E-state index in [1.54, 1.807) is 12.1 Å². The van der Waals surface area contributed by atoms with Crippen LogP contribution in [0.4, 0.5) is 0 Å². The van der Waals surface area contributed by atoms with Gasteiger partial charge in [-0.25, -0.2) is 4.79 Å². The van der Waals surface area contributed by atoms with Crippen molar-refractivity contribution in [3.05, 3.63) is 36.9 Å². The summed E-state index contributed by atoms with van der Waals surface area (Å²) >= 11 is 0. The van der Waals surface area contributed by atoms with Gasteiger partial charge in [0.1, 0.15) is 6.04 Å². The van der Waals surface area contributed by atoms with Crippen molar-refractivity contribution < 1.29 is 24.5 Å². The lowest BCUT2D eigenvalue weighted by Crippen LogP contribution is -2.42. The van der Waals surface area contributed by atoms with E-state index < -0.39 is 17.9 Å². The third kappa shape index (κ3) is 4.71. The zero-order valence-electron chi connectivity index (χ0n) is 10.2. The van der Waals surface area contributed by atoms with Gasteiger partial charge in [0.25, 0.3) is 5.91 Å². The van der Waals surface area contributed by atoms with Crippen molar-refractivity contribution in [1.29, 1.82) is 0 Å². The zero-order chi connectivity index (χ0) is 14.3. The average Bonchev–Trinajstić information content (AvgIpc) is 2.37. The van der Waals surface area contributed by atoms with Crippen molar-refractivity contribution >= 4 is 11.9 Å². The maximum atomic E-state index is 11.5. The fourth-order valence-electron chi connectivity index (χ4n) is 1.35. The lowest BCUT2D eigenvalue weighted by molar-refractivity contribution is -0.142. The van der Waals surface area contributed by atoms with Crippen molar-refractivity contribution in [3.63, 3.8) is 0 Å². The summed E-state index contributed by atoms with van der Waals surface area (Å²) in [6.45, 7) is 3.04. The summed E-state index contributed by atoms with van der Waals surface area (Å²) in [5, 5.41) is 20.5. The second-order valence-corrected chi connectivity index (χ2v) is 3.74.